The maximum absolute atomic E-state index is 12.0. The number of hydrogen-bond acceptors (Lipinski definition) is 4. The molecule has 5 heteroatoms. The van der Waals surface area contributed by atoms with E-state index in [2.05, 4.69) is 16.3 Å². The normalized spacial score (nSPS) is 16.5. The molecule has 2 aromatic carbocycles. The molecule has 0 saturated carbocycles. The second-order valence-electron chi connectivity index (χ2n) is 6.18. The lowest BCUT2D eigenvalue weighted by Gasteiger charge is -2.21. The lowest BCUT2D eigenvalue weighted by Crippen LogP contribution is -2.34. The van der Waals surface area contributed by atoms with E-state index in [-0.39, 0.29) is 12.5 Å². The smallest absolute Gasteiger partial charge is 0.257 e. The molecule has 2 aromatic rings. The number of rotatable bonds is 7. The lowest BCUT2D eigenvalue weighted by atomic mass is 10.1. The molecule has 1 N–H and O–H groups in total. The Morgan fingerprint density at radius 1 is 1.16 bits per heavy atom. The number of methoxy groups -OCH3 is 1. The molecule has 0 spiro atoms. The molecule has 0 aliphatic carbocycles. The lowest BCUT2D eigenvalue weighted by molar-refractivity contribution is -0.123. The summed E-state index contributed by atoms with van der Waals surface area (Å²) in [5, 5.41) is 2.97. The molecule has 1 aliphatic heterocycles. The van der Waals surface area contributed by atoms with E-state index in [1.54, 1.807) is 7.11 Å². The van der Waals surface area contributed by atoms with Gasteiger partial charge in [-0.3, -0.25) is 4.79 Å². The Hall–Kier alpha value is -2.69. The Morgan fingerprint density at radius 2 is 1.92 bits per heavy atom. The second-order valence-corrected chi connectivity index (χ2v) is 6.18. The van der Waals surface area contributed by atoms with Crippen LogP contribution in [0.25, 0.3) is 0 Å². The number of hydrogen-bond donors (Lipinski definition) is 1. The molecule has 1 heterocycles. The van der Waals surface area contributed by atoms with Gasteiger partial charge in [-0.25, -0.2) is 0 Å². The van der Waals surface area contributed by atoms with E-state index in [4.69, 9.17) is 9.47 Å². The summed E-state index contributed by atoms with van der Waals surface area (Å²) in [4.78, 5) is 14.3. The molecule has 132 valence electrons. The van der Waals surface area contributed by atoms with Gasteiger partial charge in [0.2, 0.25) is 0 Å². The number of para-hydroxylation sites is 3. The van der Waals surface area contributed by atoms with Crippen LogP contribution in [0.5, 0.6) is 11.5 Å². The topological polar surface area (TPSA) is 50.8 Å². The number of benzene rings is 2. The number of carbonyl (C=O) groups excluding carboxylic acids is 1. The Balaban J connectivity index is 1.43. The zero-order valence-electron chi connectivity index (χ0n) is 14.5. The maximum atomic E-state index is 12.0. The van der Waals surface area contributed by atoms with E-state index in [0.717, 1.165) is 30.9 Å². The van der Waals surface area contributed by atoms with Crippen molar-refractivity contribution >= 4 is 11.6 Å². The van der Waals surface area contributed by atoms with Crippen molar-refractivity contribution in [3.8, 4) is 11.5 Å². The van der Waals surface area contributed by atoms with Gasteiger partial charge >= 0.3 is 0 Å². The van der Waals surface area contributed by atoms with Gasteiger partial charge < -0.3 is 19.7 Å². The summed E-state index contributed by atoms with van der Waals surface area (Å²) in [6, 6.07) is 17.4. The zero-order chi connectivity index (χ0) is 17.5. The molecular weight excluding hydrogens is 316 g/mol. The van der Waals surface area contributed by atoms with Crippen LogP contribution in [-0.2, 0) is 4.79 Å². The molecule has 25 heavy (non-hydrogen) atoms. The summed E-state index contributed by atoms with van der Waals surface area (Å²) in [5.41, 5.74) is 1.12. The fourth-order valence-corrected chi connectivity index (χ4v) is 3.08. The van der Waals surface area contributed by atoms with E-state index in [1.165, 1.54) is 0 Å². The van der Waals surface area contributed by atoms with Gasteiger partial charge in [0.15, 0.2) is 6.61 Å². The molecule has 0 unspecified atom stereocenters. The van der Waals surface area contributed by atoms with Gasteiger partial charge in [-0.05, 0) is 36.6 Å². The van der Waals surface area contributed by atoms with Crippen LogP contribution >= 0.6 is 0 Å². The quantitative estimate of drug-likeness (QED) is 0.842. The van der Waals surface area contributed by atoms with Crippen molar-refractivity contribution in [2.75, 3.05) is 38.3 Å². The summed E-state index contributed by atoms with van der Waals surface area (Å²) in [7, 11) is 1.69. The fraction of sp³-hybridized carbons (Fsp3) is 0.350. The largest absolute Gasteiger partial charge is 0.495 e. The van der Waals surface area contributed by atoms with Gasteiger partial charge in [-0.1, -0.05) is 30.3 Å². The average Bonchev–Trinajstić information content (AvgIpc) is 3.14. The molecule has 0 radical (unpaired) electrons. The minimum absolute atomic E-state index is 0.0486. The maximum Gasteiger partial charge on any atom is 0.257 e. The van der Waals surface area contributed by atoms with Gasteiger partial charge in [0.05, 0.1) is 12.8 Å². The summed E-state index contributed by atoms with van der Waals surface area (Å²) < 4.78 is 10.9. The van der Waals surface area contributed by atoms with Crippen molar-refractivity contribution in [2.24, 2.45) is 5.92 Å². The Kier molecular flexibility index (Phi) is 5.77. The van der Waals surface area contributed by atoms with Crippen LogP contribution in [0.15, 0.2) is 54.6 Å². The second kappa shape index (κ2) is 8.42. The number of ether oxygens (including phenoxy) is 2. The molecular formula is C20H24N2O3. The van der Waals surface area contributed by atoms with Crippen LogP contribution in [0.1, 0.15) is 6.42 Å². The Morgan fingerprint density at radius 3 is 2.72 bits per heavy atom. The van der Waals surface area contributed by atoms with Crippen molar-refractivity contribution in [2.45, 2.75) is 6.42 Å². The zero-order valence-corrected chi connectivity index (χ0v) is 14.5. The van der Waals surface area contributed by atoms with Crippen LogP contribution in [0.3, 0.4) is 0 Å². The van der Waals surface area contributed by atoms with E-state index in [1.807, 2.05) is 48.5 Å². The SMILES string of the molecule is COc1ccccc1N1CC[C@H](CNC(=O)COc2ccccc2)C1. The highest BCUT2D eigenvalue weighted by Gasteiger charge is 2.24. The molecule has 1 fully saturated rings. The number of anilines is 1. The first-order chi connectivity index (χ1) is 12.3. The highest BCUT2D eigenvalue weighted by atomic mass is 16.5. The van der Waals surface area contributed by atoms with Crippen molar-refractivity contribution in [1.82, 2.24) is 5.32 Å². The third kappa shape index (κ3) is 4.66. The predicted molar refractivity (Wildman–Crippen MR) is 98.3 cm³/mol. The summed E-state index contributed by atoms with van der Waals surface area (Å²) in [6.45, 7) is 2.61. The molecule has 1 atom stereocenters. The molecule has 1 amide bonds. The first kappa shape index (κ1) is 17.1. The summed E-state index contributed by atoms with van der Waals surface area (Å²) in [6.07, 6.45) is 1.05. The summed E-state index contributed by atoms with van der Waals surface area (Å²) in [5.74, 6) is 1.95. The monoisotopic (exact) mass is 340 g/mol. The number of amides is 1. The Bertz CT molecular complexity index is 690. The van der Waals surface area contributed by atoms with Crippen molar-refractivity contribution in [3.05, 3.63) is 54.6 Å². The van der Waals surface area contributed by atoms with E-state index >= 15 is 0 Å². The summed E-state index contributed by atoms with van der Waals surface area (Å²) >= 11 is 0. The van der Waals surface area contributed by atoms with Crippen LogP contribution in [0.4, 0.5) is 5.69 Å². The highest BCUT2D eigenvalue weighted by molar-refractivity contribution is 5.77. The van der Waals surface area contributed by atoms with Crippen molar-refractivity contribution in [3.63, 3.8) is 0 Å². The van der Waals surface area contributed by atoms with E-state index < -0.39 is 0 Å². The van der Waals surface area contributed by atoms with Crippen molar-refractivity contribution in [1.29, 1.82) is 0 Å². The van der Waals surface area contributed by atoms with Gasteiger partial charge in [0, 0.05) is 19.6 Å². The molecule has 3 rings (SSSR count). The van der Waals surface area contributed by atoms with Gasteiger partial charge in [-0.2, -0.15) is 0 Å². The molecule has 5 nitrogen and oxygen atoms in total. The van der Waals surface area contributed by atoms with Crippen LogP contribution in [-0.4, -0.2) is 39.3 Å². The van der Waals surface area contributed by atoms with Crippen molar-refractivity contribution < 1.29 is 14.3 Å². The molecule has 0 aromatic heterocycles. The highest BCUT2D eigenvalue weighted by Crippen LogP contribution is 2.31. The number of nitrogens with zero attached hydrogens (tertiary/aromatic N) is 1. The van der Waals surface area contributed by atoms with Gasteiger partial charge in [0.25, 0.3) is 5.91 Å². The van der Waals surface area contributed by atoms with Crippen LogP contribution < -0.4 is 19.7 Å². The minimum atomic E-state index is -0.0837. The third-order valence-electron chi connectivity index (χ3n) is 4.41. The van der Waals surface area contributed by atoms with E-state index in [0.29, 0.717) is 18.2 Å². The average molecular weight is 340 g/mol. The molecule has 1 saturated heterocycles. The predicted octanol–water partition coefficient (Wildman–Crippen LogP) is 2.72. The van der Waals surface area contributed by atoms with Gasteiger partial charge in [-0.15, -0.1) is 0 Å². The third-order valence-corrected chi connectivity index (χ3v) is 4.41. The Labute approximate surface area is 148 Å². The standard InChI is InChI=1S/C20H24N2O3/c1-24-19-10-6-5-9-18(19)22-12-11-16(14-22)13-21-20(23)15-25-17-7-3-2-4-8-17/h2-10,16H,11-15H2,1H3,(H,21,23)/t16-/m1/s1. The number of carbonyl (C=O) groups is 1. The van der Waals surface area contributed by atoms with Crippen LogP contribution in [0.2, 0.25) is 0 Å². The van der Waals surface area contributed by atoms with Gasteiger partial charge in [0.1, 0.15) is 11.5 Å². The van der Waals surface area contributed by atoms with Crippen LogP contribution in [0, 0.1) is 5.92 Å². The molecule has 0 bridgehead atoms. The number of nitrogens with one attached hydrogen (secondary N) is 1. The minimum Gasteiger partial charge on any atom is -0.495 e. The fourth-order valence-electron chi connectivity index (χ4n) is 3.08. The first-order valence-electron chi connectivity index (χ1n) is 8.59. The van der Waals surface area contributed by atoms with E-state index in [9.17, 15) is 4.79 Å². The first-order valence-corrected chi connectivity index (χ1v) is 8.59. The molecule has 1 aliphatic rings.